The SMILES string of the molecule is CCN(CC)C(=O)N1C=Cc2ccccc2C1C#N. The Morgan fingerprint density at radius 3 is 2.68 bits per heavy atom. The molecule has 1 atom stereocenters. The first kappa shape index (κ1) is 13.2. The minimum Gasteiger partial charge on any atom is -0.325 e. The maximum Gasteiger partial charge on any atom is 0.325 e. The molecule has 0 spiro atoms. The minimum atomic E-state index is -0.547. The highest BCUT2D eigenvalue weighted by Gasteiger charge is 2.29. The highest BCUT2D eigenvalue weighted by Crippen LogP contribution is 2.30. The standard InChI is InChI=1S/C15H17N3O/c1-3-17(4-2)15(19)18-10-9-12-7-5-6-8-13(12)14(18)11-16/h5-10,14H,3-4H2,1-2H3. The zero-order valence-electron chi connectivity index (χ0n) is 11.2. The molecular formula is C15H17N3O. The number of amides is 2. The molecule has 0 saturated heterocycles. The lowest BCUT2D eigenvalue weighted by atomic mass is 9.97. The van der Waals surface area contributed by atoms with Gasteiger partial charge >= 0.3 is 6.03 Å². The summed E-state index contributed by atoms with van der Waals surface area (Å²) in [7, 11) is 0. The molecule has 1 aliphatic heterocycles. The average Bonchev–Trinajstić information content (AvgIpc) is 2.47. The number of fused-ring (bicyclic) bond motifs is 1. The van der Waals surface area contributed by atoms with Gasteiger partial charge in [0.15, 0.2) is 6.04 Å². The van der Waals surface area contributed by atoms with Gasteiger partial charge in [-0.15, -0.1) is 0 Å². The monoisotopic (exact) mass is 255 g/mol. The molecule has 0 saturated carbocycles. The Morgan fingerprint density at radius 1 is 1.37 bits per heavy atom. The van der Waals surface area contributed by atoms with Crippen molar-refractivity contribution in [2.45, 2.75) is 19.9 Å². The van der Waals surface area contributed by atoms with E-state index in [1.165, 1.54) is 4.90 Å². The summed E-state index contributed by atoms with van der Waals surface area (Å²) in [6.45, 7) is 5.15. The van der Waals surface area contributed by atoms with Crippen molar-refractivity contribution in [3.63, 3.8) is 0 Å². The van der Waals surface area contributed by atoms with Crippen LogP contribution in [-0.2, 0) is 0 Å². The molecule has 4 nitrogen and oxygen atoms in total. The van der Waals surface area contributed by atoms with Crippen molar-refractivity contribution >= 4 is 12.1 Å². The summed E-state index contributed by atoms with van der Waals surface area (Å²) in [5.74, 6) is 0. The molecule has 0 bridgehead atoms. The van der Waals surface area contributed by atoms with Crippen molar-refractivity contribution in [2.75, 3.05) is 13.1 Å². The summed E-state index contributed by atoms with van der Waals surface area (Å²) in [6, 6.07) is 9.22. The van der Waals surface area contributed by atoms with Gasteiger partial charge in [-0.2, -0.15) is 5.26 Å². The third kappa shape index (κ3) is 2.32. The lowest BCUT2D eigenvalue weighted by Gasteiger charge is -2.32. The van der Waals surface area contributed by atoms with Crippen LogP contribution < -0.4 is 0 Å². The highest BCUT2D eigenvalue weighted by molar-refractivity contribution is 5.79. The van der Waals surface area contributed by atoms with E-state index in [4.69, 9.17) is 0 Å². The van der Waals surface area contributed by atoms with Crippen LogP contribution in [0.5, 0.6) is 0 Å². The molecule has 1 aromatic rings. The molecule has 1 heterocycles. The normalized spacial score (nSPS) is 16.7. The molecule has 2 amide bonds. The summed E-state index contributed by atoms with van der Waals surface area (Å²) < 4.78 is 0. The van der Waals surface area contributed by atoms with Crippen molar-refractivity contribution in [2.24, 2.45) is 0 Å². The summed E-state index contributed by atoms with van der Waals surface area (Å²) in [6.07, 6.45) is 3.58. The second-order valence-corrected chi connectivity index (χ2v) is 4.34. The number of hydrogen-bond donors (Lipinski definition) is 0. The fourth-order valence-electron chi connectivity index (χ4n) is 2.27. The Hall–Kier alpha value is -2.28. The number of carbonyl (C=O) groups is 1. The van der Waals surface area contributed by atoms with Gasteiger partial charge in [-0.3, -0.25) is 4.90 Å². The molecule has 0 N–H and O–H groups in total. The molecule has 98 valence electrons. The van der Waals surface area contributed by atoms with E-state index in [9.17, 15) is 10.1 Å². The second kappa shape index (κ2) is 5.57. The van der Waals surface area contributed by atoms with Gasteiger partial charge in [0, 0.05) is 19.3 Å². The van der Waals surface area contributed by atoms with Crippen LogP contribution in [-0.4, -0.2) is 28.9 Å². The van der Waals surface area contributed by atoms with Gasteiger partial charge < -0.3 is 4.90 Å². The van der Waals surface area contributed by atoms with E-state index < -0.39 is 6.04 Å². The number of rotatable bonds is 2. The number of nitrogens with zero attached hydrogens (tertiary/aromatic N) is 3. The number of hydrogen-bond acceptors (Lipinski definition) is 2. The predicted octanol–water partition coefficient (Wildman–Crippen LogP) is 3.00. The zero-order chi connectivity index (χ0) is 13.8. The van der Waals surface area contributed by atoms with E-state index in [2.05, 4.69) is 6.07 Å². The molecule has 1 aliphatic rings. The van der Waals surface area contributed by atoms with E-state index in [-0.39, 0.29) is 6.03 Å². The fraction of sp³-hybridized carbons (Fsp3) is 0.333. The maximum absolute atomic E-state index is 12.4. The Kier molecular flexibility index (Phi) is 3.86. The smallest absolute Gasteiger partial charge is 0.325 e. The van der Waals surface area contributed by atoms with Crippen LogP contribution >= 0.6 is 0 Å². The van der Waals surface area contributed by atoms with Gasteiger partial charge in [0.05, 0.1) is 6.07 Å². The minimum absolute atomic E-state index is 0.123. The molecule has 1 aromatic carbocycles. The molecule has 0 aromatic heterocycles. The van der Waals surface area contributed by atoms with Crippen LogP contribution in [0.1, 0.15) is 31.0 Å². The van der Waals surface area contributed by atoms with E-state index in [0.717, 1.165) is 11.1 Å². The molecule has 1 unspecified atom stereocenters. The Labute approximate surface area is 113 Å². The Balaban J connectivity index is 2.35. The van der Waals surface area contributed by atoms with E-state index in [1.54, 1.807) is 11.1 Å². The van der Waals surface area contributed by atoms with E-state index in [0.29, 0.717) is 13.1 Å². The molecule has 0 radical (unpaired) electrons. The molecule has 0 fully saturated rings. The van der Waals surface area contributed by atoms with Crippen LogP contribution in [0.25, 0.3) is 6.08 Å². The summed E-state index contributed by atoms with van der Waals surface area (Å²) in [5.41, 5.74) is 1.88. The van der Waals surface area contributed by atoms with Gasteiger partial charge in [0.25, 0.3) is 0 Å². The lowest BCUT2D eigenvalue weighted by Crippen LogP contribution is -2.42. The highest BCUT2D eigenvalue weighted by atomic mass is 16.2. The predicted molar refractivity (Wildman–Crippen MR) is 74.0 cm³/mol. The quantitative estimate of drug-likeness (QED) is 0.815. The van der Waals surface area contributed by atoms with Crippen molar-refractivity contribution in [1.29, 1.82) is 5.26 Å². The van der Waals surface area contributed by atoms with Crippen LogP contribution in [0, 0.1) is 11.3 Å². The van der Waals surface area contributed by atoms with Crippen LogP contribution in [0.2, 0.25) is 0 Å². The Morgan fingerprint density at radius 2 is 2.05 bits per heavy atom. The van der Waals surface area contributed by atoms with Crippen molar-refractivity contribution in [3.05, 3.63) is 41.6 Å². The van der Waals surface area contributed by atoms with Crippen LogP contribution in [0.4, 0.5) is 4.79 Å². The summed E-state index contributed by atoms with van der Waals surface area (Å²) >= 11 is 0. The average molecular weight is 255 g/mol. The van der Waals surface area contributed by atoms with Crippen molar-refractivity contribution < 1.29 is 4.79 Å². The van der Waals surface area contributed by atoms with Gasteiger partial charge in [0.1, 0.15) is 0 Å². The van der Waals surface area contributed by atoms with Gasteiger partial charge in [-0.25, -0.2) is 4.79 Å². The van der Waals surface area contributed by atoms with Crippen LogP contribution in [0.3, 0.4) is 0 Å². The Bertz CT molecular complexity index is 541. The maximum atomic E-state index is 12.4. The van der Waals surface area contributed by atoms with E-state index in [1.807, 2.05) is 44.2 Å². The van der Waals surface area contributed by atoms with Crippen molar-refractivity contribution in [3.8, 4) is 6.07 Å². The third-order valence-electron chi connectivity index (χ3n) is 3.36. The first-order valence-electron chi connectivity index (χ1n) is 6.46. The third-order valence-corrected chi connectivity index (χ3v) is 3.36. The number of nitriles is 1. The molecular weight excluding hydrogens is 238 g/mol. The molecule has 19 heavy (non-hydrogen) atoms. The van der Waals surface area contributed by atoms with Crippen LogP contribution in [0.15, 0.2) is 30.5 Å². The lowest BCUT2D eigenvalue weighted by molar-refractivity contribution is 0.167. The first-order valence-corrected chi connectivity index (χ1v) is 6.46. The molecule has 4 heteroatoms. The summed E-state index contributed by atoms with van der Waals surface area (Å²) in [4.78, 5) is 15.6. The zero-order valence-corrected chi connectivity index (χ0v) is 11.2. The first-order chi connectivity index (χ1) is 9.22. The number of benzene rings is 1. The van der Waals surface area contributed by atoms with E-state index >= 15 is 0 Å². The number of carbonyl (C=O) groups excluding carboxylic acids is 1. The van der Waals surface area contributed by atoms with Gasteiger partial charge in [-0.05, 0) is 31.1 Å². The number of urea groups is 1. The topological polar surface area (TPSA) is 47.3 Å². The largest absolute Gasteiger partial charge is 0.325 e. The van der Waals surface area contributed by atoms with Gasteiger partial charge in [0.2, 0.25) is 0 Å². The second-order valence-electron chi connectivity index (χ2n) is 4.34. The van der Waals surface area contributed by atoms with Crippen molar-refractivity contribution in [1.82, 2.24) is 9.80 Å². The van der Waals surface area contributed by atoms with Gasteiger partial charge in [-0.1, -0.05) is 24.3 Å². The molecule has 2 rings (SSSR count). The summed E-state index contributed by atoms with van der Waals surface area (Å²) in [5, 5.41) is 9.39. The fourth-order valence-corrected chi connectivity index (χ4v) is 2.27. The molecule has 0 aliphatic carbocycles.